The zero-order chi connectivity index (χ0) is 18.6. The number of nitrogens with one attached hydrogen (secondary N) is 1. The summed E-state index contributed by atoms with van der Waals surface area (Å²) in [4.78, 5) is 14.3. The van der Waals surface area contributed by atoms with Gasteiger partial charge >= 0.3 is 0 Å². The standard InChI is InChI=1S/C21H17FN4S/c1-14(15-6-3-2-4-7-15)25-21-23-11-10-18(26-21)20-19(24-13-27-20)16-8-5-9-17(22)12-16/h2-14H,1H3,(H,23,25,26)/t14-/m0/s1. The van der Waals surface area contributed by atoms with E-state index in [0.717, 1.165) is 27.4 Å². The van der Waals surface area contributed by atoms with Crippen molar-refractivity contribution in [2.45, 2.75) is 13.0 Å². The molecule has 0 aliphatic carbocycles. The van der Waals surface area contributed by atoms with E-state index in [4.69, 9.17) is 0 Å². The van der Waals surface area contributed by atoms with E-state index in [1.54, 1.807) is 17.8 Å². The van der Waals surface area contributed by atoms with Crippen molar-refractivity contribution in [3.63, 3.8) is 0 Å². The van der Waals surface area contributed by atoms with E-state index >= 15 is 0 Å². The van der Waals surface area contributed by atoms with Crippen LogP contribution in [0.1, 0.15) is 18.5 Å². The van der Waals surface area contributed by atoms with E-state index in [9.17, 15) is 4.39 Å². The van der Waals surface area contributed by atoms with Gasteiger partial charge in [-0.1, -0.05) is 42.5 Å². The van der Waals surface area contributed by atoms with Crippen molar-refractivity contribution in [3.8, 4) is 21.8 Å². The lowest BCUT2D eigenvalue weighted by Crippen LogP contribution is -2.09. The molecule has 0 aliphatic heterocycles. The highest BCUT2D eigenvalue weighted by Crippen LogP contribution is 2.34. The maximum atomic E-state index is 13.6. The molecule has 1 atom stereocenters. The topological polar surface area (TPSA) is 50.7 Å². The van der Waals surface area contributed by atoms with Crippen LogP contribution >= 0.6 is 11.3 Å². The van der Waals surface area contributed by atoms with Gasteiger partial charge in [0, 0.05) is 11.8 Å². The molecule has 4 aromatic rings. The van der Waals surface area contributed by atoms with Crippen LogP contribution in [0, 0.1) is 5.82 Å². The molecule has 27 heavy (non-hydrogen) atoms. The zero-order valence-electron chi connectivity index (χ0n) is 14.6. The third-order valence-corrected chi connectivity index (χ3v) is 5.05. The molecule has 0 aliphatic rings. The normalized spacial score (nSPS) is 11.9. The Balaban J connectivity index is 1.63. The van der Waals surface area contributed by atoms with E-state index in [2.05, 4.69) is 39.3 Å². The molecule has 0 saturated heterocycles. The molecule has 0 bridgehead atoms. The minimum atomic E-state index is -0.284. The highest BCUT2D eigenvalue weighted by atomic mass is 32.1. The largest absolute Gasteiger partial charge is 0.348 e. The van der Waals surface area contributed by atoms with Gasteiger partial charge in [-0.15, -0.1) is 11.3 Å². The van der Waals surface area contributed by atoms with Crippen molar-refractivity contribution in [1.82, 2.24) is 15.0 Å². The third kappa shape index (κ3) is 3.85. The molecule has 134 valence electrons. The van der Waals surface area contributed by atoms with Crippen LogP contribution < -0.4 is 5.32 Å². The number of rotatable bonds is 5. The predicted octanol–water partition coefficient (Wildman–Crippen LogP) is 5.58. The van der Waals surface area contributed by atoms with Crippen LogP contribution in [-0.2, 0) is 0 Å². The lowest BCUT2D eigenvalue weighted by atomic mass is 10.1. The first-order chi connectivity index (χ1) is 13.2. The fraction of sp³-hybridized carbons (Fsp3) is 0.0952. The molecule has 0 spiro atoms. The van der Waals surface area contributed by atoms with Crippen molar-refractivity contribution in [2.24, 2.45) is 0 Å². The molecule has 4 nitrogen and oxygen atoms in total. The summed E-state index contributed by atoms with van der Waals surface area (Å²) in [7, 11) is 0. The van der Waals surface area contributed by atoms with Crippen molar-refractivity contribution >= 4 is 17.3 Å². The molecule has 6 heteroatoms. The quantitative estimate of drug-likeness (QED) is 0.494. The Morgan fingerprint density at radius 2 is 1.85 bits per heavy atom. The summed E-state index contributed by atoms with van der Waals surface area (Å²) in [6, 6.07) is 18.5. The van der Waals surface area contributed by atoms with E-state index in [1.165, 1.54) is 23.5 Å². The van der Waals surface area contributed by atoms with Crippen molar-refractivity contribution in [3.05, 3.63) is 83.8 Å². The molecule has 2 aromatic carbocycles. The second-order valence-corrected chi connectivity index (χ2v) is 6.94. The second-order valence-electron chi connectivity index (χ2n) is 6.08. The zero-order valence-corrected chi connectivity index (χ0v) is 15.4. The van der Waals surface area contributed by atoms with Gasteiger partial charge in [0.2, 0.25) is 5.95 Å². The minimum absolute atomic E-state index is 0.0746. The first kappa shape index (κ1) is 17.3. The molecule has 1 N–H and O–H groups in total. The Labute approximate surface area is 160 Å². The van der Waals surface area contributed by atoms with E-state index in [1.807, 2.05) is 30.3 Å². The fourth-order valence-corrected chi connectivity index (χ4v) is 3.62. The summed E-state index contributed by atoms with van der Waals surface area (Å²) in [5.41, 5.74) is 5.12. The van der Waals surface area contributed by atoms with Crippen LogP contribution in [-0.4, -0.2) is 15.0 Å². The van der Waals surface area contributed by atoms with Crippen LogP contribution in [0.3, 0.4) is 0 Å². The minimum Gasteiger partial charge on any atom is -0.348 e. The highest BCUT2D eigenvalue weighted by molar-refractivity contribution is 7.13. The average molecular weight is 376 g/mol. The molecule has 0 unspecified atom stereocenters. The summed E-state index contributed by atoms with van der Waals surface area (Å²) in [6.45, 7) is 2.07. The molecule has 0 radical (unpaired) electrons. The maximum Gasteiger partial charge on any atom is 0.223 e. The van der Waals surface area contributed by atoms with Gasteiger partial charge in [-0.25, -0.2) is 19.3 Å². The van der Waals surface area contributed by atoms with Crippen LogP contribution in [0.5, 0.6) is 0 Å². The molecular weight excluding hydrogens is 359 g/mol. The lowest BCUT2D eigenvalue weighted by molar-refractivity contribution is 0.628. The predicted molar refractivity (Wildman–Crippen MR) is 107 cm³/mol. The maximum absolute atomic E-state index is 13.6. The first-order valence-corrected chi connectivity index (χ1v) is 9.43. The third-order valence-electron chi connectivity index (χ3n) is 4.20. The van der Waals surface area contributed by atoms with Gasteiger partial charge in [0.1, 0.15) is 5.82 Å². The summed E-state index contributed by atoms with van der Waals surface area (Å²) in [5.74, 6) is 0.260. The number of thiazole rings is 1. The molecule has 0 saturated carbocycles. The van der Waals surface area contributed by atoms with Gasteiger partial charge in [-0.05, 0) is 30.7 Å². The molecular formula is C21H17FN4S. The van der Waals surface area contributed by atoms with E-state index < -0.39 is 0 Å². The van der Waals surface area contributed by atoms with Gasteiger partial charge in [0.05, 0.1) is 27.8 Å². The Hall–Kier alpha value is -3.12. The lowest BCUT2D eigenvalue weighted by Gasteiger charge is -2.14. The molecule has 2 aromatic heterocycles. The van der Waals surface area contributed by atoms with Crippen LogP contribution in [0.4, 0.5) is 10.3 Å². The SMILES string of the molecule is C[C@H](Nc1nccc(-c2scnc2-c2cccc(F)c2)n1)c1ccccc1. The van der Waals surface area contributed by atoms with Gasteiger partial charge < -0.3 is 5.32 Å². The van der Waals surface area contributed by atoms with Crippen molar-refractivity contribution in [1.29, 1.82) is 0 Å². The Kier molecular flexibility index (Phi) is 4.89. The fourth-order valence-electron chi connectivity index (χ4n) is 2.84. The van der Waals surface area contributed by atoms with Crippen molar-refractivity contribution < 1.29 is 4.39 Å². The highest BCUT2D eigenvalue weighted by Gasteiger charge is 2.14. The van der Waals surface area contributed by atoms with Gasteiger partial charge in [-0.3, -0.25) is 0 Å². The second kappa shape index (κ2) is 7.63. The van der Waals surface area contributed by atoms with Crippen LogP contribution in [0.15, 0.2) is 72.4 Å². The van der Waals surface area contributed by atoms with E-state index in [0.29, 0.717) is 5.95 Å². The summed E-state index contributed by atoms with van der Waals surface area (Å²) in [6.07, 6.45) is 1.72. The van der Waals surface area contributed by atoms with Gasteiger partial charge in [-0.2, -0.15) is 0 Å². The molecule has 0 amide bonds. The Bertz CT molecular complexity index is 1050. The molecule has 2 heterocycles. The van der Waals surface area contributed by atoms with E-state index in [-0.39, 0.29) is 11.9 Å². The number of nitrogens with zero attached hydrogens (tertiary/aromatic N) is 3. The Morgan fingerprint density at radius 1 is 1.00 bits per heavy atom. The van der Waals surface area contributed by atoms with Crippen LogP contribution in [0.25, 0.3) is 21.8 Å². The number of anilines is 1. The number of aromatic nitrogens is 3. The van der Waals surface area contributed by atoms with Crippen molar-refractivity contribution in [2.75, 3.05) is 5.32 Å². The first-order valence-electron chi connectivity index (χ1n) is 8.55. The Morgan fingerprint density at radius 3 is 2.67 bits per heavy atom. The molecule has 0 fully saturated rings. The number of halogens is 1. The number of hydrogen-bond acceptors (Lipinski definition) is 5. The van der Waals surface area contributed by atoms with Gasteiger partial charge in [0.25, 0.3) is 0 Å². The summed E-state index contributed by atoms with van der Waals surface area (Å²) in [5, 5.41) is 3.33. The monoisotopic (exact) mass is 376 g/mol. The summed E-state index contributed by atoms with van der Waals surface area (Å²) >= 11 is 1.48. The average Bonchev–Trinajstić information content (AvgIpc) is 3.19. The number of benzene rings is 2. The van der Waals surface area contributed by atoms with Gasteiger partial charge in [0.15, 0.2) is 0 Å². The van der Waals surface area contributed by atoms with Crippen LogP contribution in [0.2, 0.25) is 0 Å². The molecule has 4 rings (SSSR count). The summed E-state index contributed by atoms with van der Waals surface area (Å²) < 4.78 is 13.6. The smallest absolute Gasteiger partial charge is 0.223 e. The number of hydrogen-bond donors (Lipinski definition) is 1.